The molecule has 1 saturated heterocycles. The van der Waals surface area contributed by atoms with Gasteiger partial charge in [0.1, 0.15) is 0 Å². The Morgan fingerprint density at radius 3 is 2.38 bits per heavy atom. The number of amides is 1. The second-order valence-electron chi connectivity index (χ2n) is 6.24. The van der Waals surface area contributed by atoms with Gasteiger partial charge in [-0.05, 0) is 25.2 Å². The van der Waals surface area contributed by atoms with E-state index < -0.39 is 5.41 Å². The standard InChI is InChI=1S/C16H30N2O2S/c1-5-8-16(9-6-2,14(17)21)15(19)18-10-7-12(3)13(11-18)20-4/h12-13H,5-11H2,1-4H3,(H2,17,21). The summed E-state index contributed by atoms with van der Waals surface area (Å²) in [6, 6.07) is 0. The lowest BCUT2D eigenvalue weighted by atomic mass is 9.77. The number of nitrogens with two attached hydrogens (primary N) is 1. The average Bonchev–Trinajstić information content (AvgIpc) is 2.46. The molecule has 0 aromatic heterocycles. The van der Waals surface area contributed by atoms with E-state index in [1.807, 2.05) is 4.90 Å². The number of hydrogen-bond donors (Lipinski definition) is 1. The summed E-state index contributed by atoms with van der Waals surface area (Å²) in [4.78, 5) is 15.4. The first-order valence-electron chi connectivity index (χ1n) is 8.05. The van der Waals surface area contributed by atoms with E-state index in [9.17, 15) is 4.79 Å². The van der Waals surface area contributed by atoms with Gasteiger partial charge in [-0.3, -0.25) is 4.79 Å². The van der Waals surface area contributed by atoms with Crippen molar-refractivity contribution in [3.8, 4) is 0 Å². The van der Waals surface area contributed by atoms with Gasteiger partial charge in [0, 0.05) is 20.2 Å². The van der Waals surface area contributed by atoms with Crippen molar-refractivity contribution >= 4 is 23.1 Å². The summed E-state index contributed by atoms with van der Waals surface area (Å²) in [6.45, 7) is 7.75. The first kappa shape index (κ1) is 18.4. The Labute approximate surface area is 134 Å². The zero-order valence-electron chi connectivity index (χ0n) is 13.9. The molecule has 1 heterocycles. The Balaban J connectivity index is 2.97. The molecule has 122 valence electrons. The largest absolute Gasteiger partial charge is 0.392 e. The van der Waals surface area contributed by atoms with Gasteiger partial charge in [-0.2, -0.15) is 0 Å². The third kappa shape index (κ3) is 3.95. The van der Waals surface area contributed by atoms with Gasteiger partial charge >= 0.3 is 0 Å². The van der Waals surface area contributed by atoms with Gasteiger partial charge in [-0.1, -0.05) is 45.8 Å². The van der Waals surface area contributed by atoms with Crippen LogP contribution in [-0.2, 0) is 9.53 Å². The van der Waals surface area contributed by atoms with E-state index in [4.69, 9.17) is 22.7 Å². The molecule has 1 aliphatic heterocycles. The van der Waals surface area contributed by atoms with Crippen molar-refractivity contribution in [3.63, 3.8) is 0 Å². The van der Waals surface area contributed by atoms with E-state index in [1.54, 1.807) is 7.11 Å². The van der Waals surface area contributed by atoms with Crippen LogP contribution in [0.2, 0.25) is 0 Å². The Bertz CT molecular complexity index is 367. The molecule has 1 amide bonds. The van der Waals surface area contributed by atoms with Gasteiger partial charge in [0.25, 0.3) is 0 Å². The SMILES string of the molecule is CCCC(CCC)(C(=O)N1CCC(C)C(OC)C1)C(N)=S. The highest BCUT2D eigenvalue weighted by Gasteiger charge is 2.44. The van der Waals surface area contributed by atoms with Gasteiger partial charge in [0.05, 0.1) is 16.5 Å². The number of nitrogens with zero attached hydrogens (tertiary/aromatic N) is 1. The van der Waals surface area contributed by atoms with E-state index in [-0.39, 0.29) is 12.0 Å². The first-order valence-corrected chi connectivity index (χ1v) is 8.45. The van der Waals surface area contributed by atoms with Crippen LogP contribution in [0.5, 0.6) is 0 Å². The number of rotatable bonds is 7. The second kappa shape index (κ2) is 8.08. The summed E-state index contributed by atoms with van der Waals surface area (Å²) in [5.74, 6) is 0.586. The number of carbonyl (C=O) groups excluding carboxylic acids is 1. The van der Waals surface area contributed by atoms with Crippen LogP contribution in [0.1, 0.15) is 52.9 Å². The van der Waals surface area contributed by atoms with Crippen molar-refractivity contribution in [2.24, 2.45) is 17.1 Å². The molecule has 0 bridgehead atoms. The van der Waals surface area contributed by atoms with Gasteiger partial charge < -0.3 is 15.4 Å². The monoisotopic (exact) mass is 314 g/mol. The molecule has 0 aliphatic carbocycles. The Kier molecular flexibility index (Phi) is 7.07. The molecule has 0 aromatic carbocycles. The maximum Gasteiger partial charge on any atom is 0.235 e. The van der Waals surface area contributed by atoms with Crippen molar-refractivity contribution in [1.29, 1.82) is 0 Å². The summed E-state index contributed by atoms with van der Waals surface area (Å²) in [5, 5.41) is 0. The fourth-order valence-corrected chi connectivity index (χ4v) is 3.66. The zero-order chi connectivity index (χ0) is 16.0. The van der Waals surface area contributed by atoms with Gasteiger partial charge in [0.15, 0.2) is 0 Å². The topological polar surface area (TPSA) is 55.6 Å². The van der Waals surface area contributed by atoms with Crippen LogP contribution in [-0.4, -0.2) is 42.1 Å². The number of thiocarbonyl (C=S) groups is 1. The predicted octanol–water partition coefficient (Wildman–Crippen LogP) is 2.74. The lowest BCUT2D eigenvalue weighted by Gasteiger charge is -2.42. The summed E-state index contributed by atoms with van der Waals surface area (Å²) in [7, 11) is 1.72. The third-order valence-corrected chi connectivity index (χ3v) is 5.10. The van der Waals surface area contributed by atoms with E-state index in [0.29, 0.717) is 17.5 Å². The summed E-state index contributed by atoms with van der Waals surface area (Å²) in [6.07, 6.45) is 4.35. The highest BCUT2D eigenvalue weighted by molar-refractivity contribution is 7.80. The molecule has 5 heteroatoms. The fourth-order valence-electron chi connectivity index (χ4n) is 3.37. The molecule has 0 aromatic rings. The molecular formula is C16H30N2O2S. The van der Waals surface area contributed by atoms with E-state index in [1.165, 1.54) is 0 Å². The van der Waals surface area contributed by atoms with Crippen LogP contribution in [0.25, 0.3) is 0 Å². The Hall–Kier alpha value is -0.680. The van der Waals surface area contributed by atoms with E-state index in [0.717, 1.165) is 38.6 Å². The molecule has 2 atom stereocenters. The number of methoxy groups -OCH3 is 1. The van der Waals surface area contributed by atoms with Crippen LogP contribution in [0.3, 0.4) is 0 Å². The van der Waals surface area contributed by atoms with Gasteiger partial charge in [-0.25, -0.2) is 0 Å². The summed E-state index contributed by atoms with van der Waals surface area (Å²) < 4.78 is 5.52. The molecular weight excluding hydrogens is 284 g/mol. The van der Waals surface area contributed by atoms with Gasteiger partial charge in [-0.15, -0.1) is 0 Å². The van der Waals surface area contributed by atoms with Crippen molar-refractivity contribution in [2.75, 3.05) is 20.2 Å². The molecule has 2 unspecified atom stereocenters. The molecule has 0 radical (unpaired) electrons. The van der Waals surface area contributed by atoms with Crippen molar-refractivity contribution in [2.45, 2.75) is 59.0 Å². The molecule has 2 N–H and O–H groups in total. The van der Waals surface area contributed by atoms with Gasteiger partial charge in [0.2, 0.25) is 5.91 Å². The van der Waals surface area contributed by atoms with Crippen LogP contribution in [0, 0.1) is 11.3 Å². The van der Waals surface area contributed by atoms with E-state index in [2.05, 4.69) is 20.8 Å². The van der Waals surface area contributed by atoms with Crippen LogP contribution in [0.4, 0.5) is 0 Å². The zero-order valence-corrected chi connectivity index (χ0v) is 14.7. The normalized spacial score (nSPS) is 23.1. The maximum atomic E-state index is 13.1. The smallest absolute Gasteiger partial charge is 0.235 e. The predicted molar refractivity (Wildman–Crippen MR) is 90.2 cm³/mol. The summed E-state index contributed by atoms with van der Waals surface area (Å²) >= 11 is 5.29. The van der Waals surface area contributed by atoms with Crippen molar-refractivity contribution in [3.05, 3.63) is 0 Å². The van der Waals surface area contributed by atoms with Crippen LogP contribution in [0.15, 0.2) is 0 Å². The molecule has 1 rings (SSSR count). The quantitative estimate of drug-likeness (QED) is 0.734. The number of likely N-dealkylation sites (tertiary alicyclic amines) is 1. The molecule has 1 fully saturated rings. The minimum atomic E-state index is -0.669. The van der Waals surface area contributed by atoms with E-state index >= 15 is 0 Å². The lowest BCUT2D eigenvalue weighted by Crippen LogP contribution is -2.55. The lowest BCUT2D eigenvalue weighted by molar-refractivity contribution is -0.144. The highest BCUT2D eigenvalue weighted by atomic mass is 32.1. The Morgan fingerprint density at radius 2 is 1.95 bits per heavy atom. The number of hydrogen-bond acceptors (Lipinski definition) is 3. The van der Waals surface area contributed by atoms with Crippen molar-refractivity contribution in [1.82, 2.24) is 4.90 Å². The molecule has 21 heavy (non-hydrogen) atoms. The van der Waals surface area contributed by atoms with Crippen LogP contribution < -0.4 is 5.73 Å². The number of ether oxygens (including phenoxy) is 1. The number of piperidine rings is 1. The first-order chi connectivity index (χ1) is 9.92. The minimum absolute atomic E-state index is 0.104. The van der Waals surface area contributed by atoms with Crippen molar-refractivity contribution < 1.29 is 9.53 Å². The third-order valence-electron chi connectivity index (χ3n) is 4.71. The van der Waals surface area contributed by atoms with Crippen LogP contribution >= 0.6 is 12.2 Å². The molecule has 1 aliphatic rings. The average molecular weight is 314 g/mol. The fraction of sp³-hybridized carbons (Fsp3) is 0.875. The highest BCUT2D eigenvalue weighted by Crippen LogP contribution is 2.34. The second-order valence-corrected chi connectivity index (χ2v) is 6.68. The molecule has 0 saturated carbocycles. The minimum Gasteiger partial charge on any atom is -0.392 e. The molecule has 0 spiro atoms. The number of carbonyl (C=O) groups is 1. The Morgan fingerprint density at radius 1 is 1.38 bits per heavy atom. The summed E-state index contributed by atoms with van der Waals surface area (Å²) in [5.41, 5.74) is 5.33. The maximum absolute atomic E-state index is 13.1. The molecule has 4 nitrogen and oxygen atoms in total.